The van der Waals surface area contributed by atoms with Crippen LogP contribution in [0, 0.1) is 0 Å². The summed E-state index contributed by atoms with van der Waals surface area (Å²) in [4.78, 5) is 49.8. The zero-order chi connectivity index (χ0) is 18.4. The maximum absolute atomic E-state index is 12.6. The Morgan fingerprint density at radius 2 is 1.64 bits per heavy atom. The Morgan fingerprint density at radius 3 is 2.16 bits per heavy atom. The summed E-state index contributed by atoms with van der Waals surface area (Å²) in [5.74, 6) is -2.72. The first-order valence-electron chi connectivity index (χ1n) is 7.65. The van der Waals surface area contributed by atoms with Crippen LogP contribution in [0.4, 0.5) is 4.79 Å². The van der Waals surface area contributed by atoms with Gasteiger partial charge in [0.15, 0.2) is 0 Å². The van der Waals surface area contributed by atoms with Gasteiger partial charge in [-0.2, -0.15) is 0 Å². The number of esters is 2. The van der Waals surface area contributed by atoms with Crippen LogP contribution in [0.15, 0.2) is 35.2 Å². The molecule has 0 bridgehead atoms. The normalized spacial score (nSPS) is 15.8. The lowest BCUT2D eigenvalue weighted by molar-refractivity contribution is -0.164. The summed E-state index contributed by atoms with van der Waals surface area (Å²) < 4.78 is 9.64. The van der Waals surface area contributed by atoms with Crippen LogP contribution < -0.4 is 0 Å². The van der Waals surface area contributed by atoms with Crippen LogP contribution in [0.1, 0.15) is 19.4 Å². The number of imide groups is 1. The molecule has 0 aromatic heterocycles. The van der Waals surface area contributed by atoms with Crippen molar-refractivity contribution in [1.29, 1.82) is 0 Å². The molecule has 0 spiro atoms. The van der Waals surface area contributed by atoms with Crippen molar-refractivity contribution in [2.24, 2.45) is 0 Å². The second-order valence-electron chi connectivity index (χ2n) is 4.87. The van der Waals surface area contributed by atoms with E-state index in [0.29, 0.717) is 16.7 Å². The maximum Gasteiger partial charge on any atom is 0.341 e. The van der Waals surface area contributed by atoms with E-state index in [-0.39, 0.29) is 18.1 Å². The lowest BCUT2D eigenvalue weighted by atomic mass is 10.2. The van der Waals surface area contributed by atoms with Crippen LogP contribution in [-0.4, -0.2) is 47.2 Å². The van der Waals surface area contributed by atoms with Crippen molar-refractivity contribution in [1.82, 2.24) is 4.90 Å². The molecule has 0 saturated carbocycles. The summed E-state index contributed by atoms with van der Waals surface area (Å²) in [7, 11) is 0. The van der Waals surface area contributed by atoms with Gasteiger partial charge in [-0.3, -0.25) is 9.59 Å². The van der Waals surface area contributed by atoms with Crippen LogP contribution in [-0.2, 0) is 23.9 Å². The molecule has 0 N–H and O–H groups in total. The van der Waals surface area contributed by atoms with Crippen molar-refractivity contribution in [3.8, 4) is 0 Å². The van der Waals surface area contributed by atoms with Crippen LogP contribution in [0.2, 0.25) is 0 Å². The number of carbonyl (C=O) groups is 4. The van der Waals surface area contributed by atoms with Crippen LogP contribution in [0.5, 0.6) is 0 Å². The van der Waals surface area contributed by atoms with E-state index < -0.39 is 29.1 Å². The Bertz CT molecular complexity index is 697. The summed E-state index contributed by atoms with van der Waals surface area (Å²) in [5, 5.41) is -0.724. The van der Waals surface area contributed by atoms with Gasteiger partial charge in [0.25, 0.3) is 11.1 Å². The Kier molecular flexibility index (Phi) is 6.35. The number of benzene rings is 1. The SMILES string of the molecule is CCOC(=O)C(C(=O)OCC)N1C(=O)S/C(=C/c2ccccc2)C1=O. The molecule has 0 atom stereocenters. The number of thioether (sulfide) groups is 1. The summed E-state index contributed by atoms with van der Waals surface area (Å²) in [5.41, 5.74) is 0.719. The van der Waals surface area contributed by atoms with E-state index in [1.807, 2.05) is 6.07 Å². The molecule has 7 nitrogen and oxygen atoms in total. The van der Waals surface area contributed by atoms with Crippen LogP contribution in [0.3, 0.4) is 0 Å². The first-order chi connectivity index (χ1) is 12.0. The molecule has 0 unspecified atom stereocenters. The van der Waals surface area contributed by atoms with Gasteiger partial charge in [-0.15, -0.1) is 0 Å². The maximum atomic E-state index is 12.6. The first kappa shape index (κ1) is 18.7. The fourth-order valence-corrected chi connectivity index (χ4v) is 3.01. The van der Waals surface area contributed by atoms with Crippen molar-refractivity contribution in [3.05, 3.63) is 40.8 Å². The molecule has 1 fully saturated rings. The number of hydrogen-bond acceptors (Lipinski definition) is 7. The number of carbonyl (C=O) groups excluding carboxylic acids is 4. The molecule has 132 valence electrons. The Morgan fingerprint density at radius 1 is 1.08 bits per heavy atom. The molecular formula is C17H17NO6S. The van der Waals surface area contributed by atoms with Crippen LogP contribution >= 0.6 is 11.8 Å². The zero-order valence-electron chi connectivity index (χ0n) is 13.8. The van der Waals surface area contributed by atoms with Gasteiger partial charge in [0, 0.05) is 0 Å². The van der Waals surface area contributed by atoms with Crippen molar-refractivity contribution in [2.45, 2.75) is 19.9 Å². The van der Waals surface area contributed by atoms with Gasteiger partial charge in [0.2, 0.25) is 6.04 Å². The minimum atomic E-state index is -1.74. The summed E-state index contributed by atoms with van der Waals surface area (Å²) in [6.45, 7) is 3.13. The Labute approximate surface area is 149 Å². The van der Waals surface area contributed by atoms with E-state index in [4.69, 9.17) is 9.47 Å². The van der Waals surface area contributed by atoms with Crippen molar-refractivity contribution < 1.29 is 28.7 Å². The third-order valence-electron chi connectivity index (χ3n) is 3.20. The van der Waals surface area contributed by atoms with E-state index in [0.717, 1.165) is 5.56 Å². The summed E-state index contributed by atoms with van der Waals surface area (Å²) >= 11 is 0.659. The third-order valence-corrected chi connectivity index (χ3v) is 4.08. The van der Waals surface area contributed by atoms with Crippen molar-refractivity contribution in [2.75, 3.05) is 13.2 Å². The quantitative estimate of drug-likeness (QED) is 0.435. The van der Waals surface area contributed by atoms with Crippen molar-refractivity contribution >= 4 is 40.9 Å². The number of amides is 2. The van der Waals surface area contributed by atoms with E-state index in [1.54, 1.807) is 38.1 Å². The molecular weight excluding hydrogens is 346 g/mol. The van der Waals surface area contributed by atoms with Crippen molar-refractivity contribution in [3.63, 3.8) is 0 Å². The van der Waals surface area contributed by atoms with Gasteiger partial charge < -0.3 is 9.47 Å². The van der Waals surface area contributed by atoms with E-state index >= 15 is 0 Å². The second kappa shape index (κ2) is 8.48. The highest BCUT2D eigenvalue weighted by Crippen LogP contribution is 2.34. The van der Waals surface area contributed by atoms with Gasteiger partial charge in [0.05, 0.1) is 18.1 Å². The predicted octanol–water partition coefficient (Wildman–Crippen LogP) is 2.22. The number of nitrogens with zero attached hydrogens (tertiary/aromatic N) is 1. The molecule has 1 aromatic rings. The molecule has 1 saturated heterocycles. The molecule has 0 radical (unpaired) electrons. The lowest BCUT2D eigenvalue weighted by Gasteiger charge is -2.21. The monoisotopic (exact) mass is 363 g/mol. The Balaban J connectivity index is 2.33. The van der Waals surface area contributed by atoms with Crippen LogP contribution in [0.25, 0.3) is 6.08 Å². The molecule has 8 heteroatoms. The highest BCUT2D eigenvalue weighted by atomic mass is 32.2. The second-order valence-corrected chi connectivity index (χ2v) is 5.86. The standard InChI is InChI=1S/C17H17NO6S/c1-3-23-15(20)13(16(21)24-4-2)18-14(19)12(25-17(18)22)10-11-8-6-5-7-9-11/h5-10,13H,3-4H2,1-2H3/b12-10+. The summed E-state index contributed by atoms with van der Waals surface area (Å²) in [6.07, 6.45) is 1.53. The fraction of sp³-hybridized carbons (Fsp3) is 0.294. The minimum absolute atomic E-state index is 0.00478. The van der Waals surface area contributed by atoms with E-state index in [1.165, 1.54) is 6.08 Å². The predicted molar refractivity (Wildman–Crippen MR) is 91.3 cm³/mol. The van der Waals surface area contributed by atoms with Gasteiger partial charge in [-0.1, -0.05) is 30.3 Å². The average Bonchev–Trinajstić information content (AvgIpc) is 2.84. The third kappa shape index (κ3) is 4.27. The van der Waals surface area contributed by atoms with Gasteiger partial charge in [0.1, 0.15) is 0 Å². The molecule has 1 aliphatic rings. The van der Waals surface area contributed by atoms with Gasteiger partial charge in [-0.05, 0) is 37.2 Å². The summed E-state index contributed by atoms with van der Waals surface area (Å²) in [6, 6.07) is 7.19. The molecule has 2 rings (SSSR count). The number of hydrogen-bond donors (Lipinski definition) is 0. The molecule has 25 heavy (non-hydrogen) atoms. The molecule has 1 aliphatic heterocycles. The zero-order valence-corrected chi connectivity index (χ0v) is 14.6. The van der Waals surface area contributed by atoms with E-state index in [9.17, 15) is 19.2 Å². The smallest absolute Gasteiger partial charge is 0.341 e. The van der Waals surface area contributed by atoms with Gasteiger partial charge >= 0.3 is 11.9 Å². The minimum Gasteiger partial charge on any atom is -0.464 e. The fourth-order valence-electron chi connectivity index (χ4n) is 2.15. The van der Waals surface area contributed by atoms with E-state index in [2.05, 4.69) is 0 Å². The first-order valence-corrected chi connectivity index (χ1v) is 8.46. The number of ether oxygens (including phenoxy) is 2. The lowest BCUT2D eigenvalue weighted by Crippen LogP contribution is -2.50. The molecule has 1 heterocycles. The Hall–Kier alpha value is -2.61. The largest absolute Gasteiger partial charge is 0.464 e. The molecule has 2 amide bonds. The highest BCUT2D eigenvalue weighted by Gasteiger charge is 2.48. The topological polar surface area (TPSA) is 90.0 Å². The molecule has 0 aliphatic carbocycles. The highest BCUT2D eigenvalue weighted by molar-refractivity contribution is 8.18. The average molecular weight is 363 g/mol. The number of rotatable bonds is 6. The molecule has 1 aromatic carbocycles. The van der Waals surface area contributed by atoms with Gasteiger partial charge in [-0.25, -0.2) is 14.5 Å².